The van der Waals surface area contributed by atoms with E-state index in [2.05, 4.69) is 14.7 Å². The standard InChI is InChI=1S/C13H13F3N4OS/c1-7(22-12-19-10(17)6-11(18)20-12)8-2-4-9(5-3-8)21-13(14,15)16/h2-7H,1H3,(H4,17,18,19,20). The average molecular weight is 330 g/mol. The maximum absolute atomic E-state index is 12.1. The smallest absolute Gasteiger partial charge is 0.406 e. The minimum Gasteiger partial charge on any atom is -0.406 e. The molecule has 0 bridgehead atoms. The molecule has 0 aliphatic rings. The molecule has 0 aliphatic heterocycles. The van der Waals surface area contributed by atoms with Crippen LogP contribution in [0.3, 0.4) is 0 Å². The minimum absolute atomic E-state index is 0.0962. The summed E-state index contributed by atoms with van der Waals surface area (Å²) in [7, 11) is 0. The molecule has 2 rings (SSSR count). The molecule has 0 fully saturated rings. The van der Waals surface area contributed by atoms with Crippen LogP contribution in [0.2, 0.25) is 0 Å². The van der Waals surface area contributed by atoms with Gasteiger partial charge in [-0.1, -0.05) is 23.9 Å². The second kappa shape index (κ2) is 6.30. The van der Waals surface area contributed by atoms with E-state index in [-0.39, 0.29) is 22.6 Å². The van der Waals surface area contributed by atoms with E-state index < -0.39 is 6.36 Å². The second-order valence-electron chi connectivity index (χ2n) is 4.38. The van der Waals surface area contributed by atoms with Gasteiger partial charge in [-0.25, -0.2) is 9.97 Å². The zero-order valence-electron chi connectivity index (χ0n) is 11.5. The summed E-state index contributed by atoms with van der Waals surface area (Å²) in [4.78, 5) is 8.08. The quantitative estimate of drug-likeness (QED) is 0.660. The third-order valence-corrected chi connectivity index (χ3v) is 3.63. The lowest BCUT2D eigenvalue weighted by Gasteiger charge is -2.13. The number of nitrogens with zero attached hydrogens (tertiary/aromatic N) is 2. The van der Waals surface area contributed by atoms with Crippen molar-refractivity contribution >= 4 is 23.4 Å². The molecular weight excluding hydrogens is 317 g/mol. The van der Waals surface area contributed by atoms with Gasteiger partial charge < -0.3 is 16.2 Å². The summed E-state index contributed by atoms with van der Waals surface area (Å²) in [5.41, 5.74) is 12.0. The molecule has 0 amide bonds. The highest BCUT2D eigenvalue weighted by Gasteiger charge is 2.31. The third kappa shape index (κ3) is 4.69. The van der Waals surface area contributed by atoms with Crippen LogP contribution in [-0.4, -0.2) is 16.3 Å². The molecule has 5 nitrogen and oxygen atoms in total. The highest BCUT2D eigenvalue weighted by molar-refractivity contribution is 7.99. The van der Waals surface area contributed by atoms with E-state index >= 15 is 0 Å². The third-order valence-electron chi connectivity index (χ3n) is 2.61. The Labute approximate surface area is 128 Å². The summed E-state index contributed by atoms with van der Waals surface area (Å²) >= 11 is 1.30. The predicted octanol–water partition coefficient (Wildman–Crippen LogP) is 3.39. The van der Waals surface area contributed by atoms with Crippen molar-refractivity contribution in [1.82, 2.24) is 9.97 Å². The van der Waals surface area contributed by atoms with Crippen LogP contribution in [-0.2, 0) is 0 Å². The number of nitrogens with two attached hydrogens (primary N) is 2. The summed E-state index contributed by atoms with van der Waals surface area (Å²) in [6.45, 7) is 1.87. The van der Waals surface area contributed by atoms with Crippen molar-refractivity contribution in [3.8, 4) is 5.75 Å². The van der Waals surface area contributed by atoms with Crippen molar-refractivity contribution in [1.29, 1.82) is 0 Å². The normalized spacial score (nSPS) is 12.9. The summed E-state index contributed by atoms with van der Waals surface area (Å²) in [5, 5.41) is 0.307. The summed E-state index contributed by atoms with van der Waals surface area (Å²) in [5.74, 6) is 0.255. The lowest BCUT2D eigenvalue weighted by molar-refractivity contribution is -0.274. The van der Waals surface area contributed by atoms with E-state index in [1.165, 1.54) is 30.0 Å². The maximum atomic E-state index is 12.1. The molecule has 0 saturated carbocycles. The zero-order valence-corrected chi connectivity index (χ0v) is 12.3. The Bertz CT molecular complexity index is 628. The lowest BCUT2D eigenvalue weighted by Crippen LogP contribution is -2.17. The number of rotatable bonds is 4. The van der Waals surface area contributed by atoms with Gasteiger partial charge in [-0.2, -0.15) is 0 Å². The first-order valence-electron chi connectivity index (χ1n) is 6.15. The fourth-order valence-corrected chi connectivity index (χ4v) is 2.61. The number of hydrogen-bond donors (Lipinski definition) is 2. The van der Waals surface area contributed by atoms with Crippen LogP contribution < -0.4 is 16.2 Å². The topological polar surface area (TPSA) is 87.0 Å². The zero-order chi connectivity index (χ0) is 16.3. The molecule has 9 heteroatoms. The van der Waals surface area contributed by atoms with Gasteiger partial charge in [0.2, 0.25) is 0 Å². The van der Waals surface area contributed by atoms with Gasteiger partial charge in [-0.05, 0) is 24.6 Å². The molecule has 0 aliphatic carbocycles. The van der Waals surface area contributed by atoms with Crippen molar-refractivity contribution in [2.24, 2.45) is 0 Å². The first-order chi connectivity index (χ1) is 10.2. The van der Waals surface area contributed by atoms with Crippen LogP contribution in [0.4, 0.5) is 24.8 Å². The van der Waals surface area contributed by atoms with Crippen LogP contribution >= 0.6 is 11.8 Å². The molecule has 4 N–H and O–H groups in total. The van der Waals surface area contributed by atoms with Crippen molar-refractivity contribution in [2.75, 3.05) is 11.5 Å². The molecule has 1 atom stereocenters. The van der Waals surface area contributed by atoms with E-state index in [1.54, 1.807) is 12.1 Å². The molecule has 118 valence electrons. The number of benzene rings is 1. The van der Waals surface area contributed by atoms with Crippen molar-refractivity contribution in [2.45, 2.75) is 23.7 Å². The Morgan fingerprint density at radius 2 is 1.64 bits per heavy atom. The number of ether oxygens (including phenoxy) is 1. The molecule has 1 heterocycles. The number of nitrogen functional groups attached to an aromatic ring is 2. The second-order valence-corrected chi connectivity index (χ2v) is 5.69. The van der Waals surface area contributed by atoms with Crippen LogP contribution in [0.5, 0.6) is 5.75 Å². The van der Waals surface area contributed by atoms with Gasteiger partial charge in [0.05, 0.1) is 0 Å². The molecule has 1 aromatic heterocycles. The summed E-state index contributed by atoms with van der Waals surface area (Å²) in [6, 6.07) is 7.06. The fourth-order valence-electron chi connectivity index (χ4n) is 1.68. The highest BCUT2D eigenvalue weighted by Crippen LogP contribution is 2.34. The van der Waals surface area contributed by atoms with Gasteiger partial charge in [-0.15, -0.1) is 13.2 Å². The Hall–Kier alpha value is -2.16. The molecule has 2 aromatic rings. The Kier molecular flexibility index (Phi) is 4.65. The SMILES string of the molecule is CC(Sc1nc(N)cc(N)n1)c1ccc(OC(F)(F)F)cc1. The van der Waals surface area contributed by atoms with Gasteiger partial charge in [0.1, 0.15) is 17.4 Å². The van der Waals surface area contributed by atoms with E-state index in [4.69, 9.17) is 11.5 Å². The lowest BCUT2D eigenvalue weighted by atomic mass is 10.2. The minimum atomic E-state index is -4.70. The van der Waals surface area contributed by atoms with Crippen LogP contribution in [0.25, 0.3) is 0 Å². The number of hydrogen-bond acceptors (Lipinski definition) is 6. The molecule has 22 heavy (non-hydrogen) atoms. The average Bonchev–Trinajstić information content (AvgIpc) is 2.36. The first kappa shape index (κ1) is 16.2. The van der Waals surface area contributed by atoms with Crippen LogP contribution in [0, 0.1) is 0 Å². The number of alkyl halides is 3. The number of thioether (sulfide) groups is 1. The summed E-state index contributed by atoms with van der Waals surface area (Å²) in [6.07, 6.45) is -4.70. The molecule has 1 unspecified atom stereocenters. The largest absolute Gasteiger partial charge is 0.573 e. The van der Waals surface area contributed by atoms with Gasteiger partial charge in [0.15, 0.2) is 5.16 Å². The van der Waals surface area contributed by atoms with E-state index in [1.807, 2.05) is 6.92 Å². The Morgan fingerprint density at radius 1 is 1.09 bits per heavy atom. The monoisotopic (exact) mass is 330 g/mol. The number of aromatic nitrogens is 2. The van der Waals surface area contributed by atoms with Gasteiger partial charge in [-0.3, -0.25) is 0 Å². The molecule has 0 spiro atoms. The van der Waals surface area contributed by atoms with Crippen molar-refractivity contribution < 1.29 is 17.9 Å². The van der Waals surface area contributed by atoms with Crippen molar-refractivity contribution in [3.05, 3.63) is 35.9 Å². The summed E-state index contributed by atoms with van der Waals surface area (Å²) < 4.78 is 40.1. The van der Waals surface area contributed by atoms with Gasteiger partial charge >= 0.3 is 6.36 Å². The fraction of sp³-hybridized carbons (Fsp3) is 0.231. The highest BCUT2D eigenvalue weighted by atomic mass is 32.2. The number of anilines is 2. The molecular formula is C13H13F3N4OS. The van der Waals surface area contributed by atoms with Crippen LogP contribution in [0.15, 0.2) is 35.5 Å². The van der Waals surface area contributed by atoms with E-state index in [0.717, 1.165) is 5.56 Å². The van der Waals surface area contributed by atoms with E-state index in [0.29, 0.717) is 5.16 Å². The molecule has 0 radical (unpaired) electrons. The molecule has 1 aromatic carbocycles. The van der Waals surface area contributed by atoms with Crippen LogP contribution in [0.1, 0.15) is 17.7 Å². The Morgan fingerprint density at radius 3 is 2.14 bits per heavy atom. The molecule has 0 saturated heterocycles. The van der Waals surface area contributed by atoms with Crippen molar-refractivity contribution in [3.63, 3.8) is 0 Å². The van der Waals surface area contributed by atoms with Gasteiger partial charge in [0.25, 0.3) is 0 Å². The maximum Gasteiger partial charge on any atom is 0.573 e. The van der Waals surface area contributed by atoms with Gasteiger partial charge in [0, 0.05) is 11.3 Å². The number of halogens is 3. The predicted molar refractivity (Wildman–Crippen MR) is 78.3 cm³/mol. The Balaban J connectivity index is 2.07. The first-order valence-corrected chi connectivity index (χ1v) is 7.03. The van der Waals surface area contributed by atoms with E-state index in [9.17, 15) is 13.2 Å².